The summed E-state index contributed by atoms with van der Waals surface area (Å²) in [5.74, 6) is 0.231. The highest BCUT2D eigenvalue weighted by molar-refractivity contribution is 5.74. The minimum atomic E-state index is -0.443. The van der Waals surface area contributed by atoms with Gasteiger partial charge in [-0.2, -0.15) is 0 Å². The van der Waals surface area contributed by atoms with Crippen LogP contribution in [0.4, 0.5) is 5.69 Å². The Morgan fingerprint density at radius 1 is 1.09 bits per heavy atom. The lowest BCUT2D eigenvalue weighted by atomic mass is 10.2. The van der Waals surface area contributed by atoms with Gasteiger partial charge in [0.1, 0.15) is 6.61 Å². The van der Waals surface area contributed by atoms with E-state index in [1.54, 1.807) is 19.1 Å². The Balaban J connectivity index is 1.89. The lowest BCUT2D eigenvalue weighted by molar-refractivity contribution is -0.386. The molecule has 0 unspecified atom stereocenters. The molecular weight excluding hydrogens is 294 g/mol. The molecule has 0 saturated carbocycles. The molecular formula is C17H15N3O3. The standard InChI is InChI=1S/C17H15N3O3/c1-11-7-8-17(16(9-11)20(21)22)23-10-15-12(2)18-13-5-3-4-6-14(13)19-15/h3-9H,10H2,1-2H3. The number of benzene rings is 2. The zero-order chi connectivity index (χ0) is 16.4. The van der Waals surface area contributed by atoms with E-state index in [-0.39, 0.29) is 18.0 Å². The van der Waals surface area contributed by atoms with E-state index in [9.17, 15) is 10.1 Å². The van der Waals surface area contributed by atoms with Crippen molar-refractivity contribution in [2.75, 3.05) is 0 Å². The van der Waals surface area contributed by atoms with Crippen LogP contribution < -0.4 is 4.74 Å². The van der Waals surface area contributed by atoms with Gasteiger partial charge >= 0.3 is 5.69 Å². The summed E-state index contributed by atoms with van der Waals surface area (Å²) in [4.78, 5) is 19.7. The summed E-state index contributed by atoms with van der Waals surface area (Å²) in [7, 11) is 0. The largest absolute Gasteiger partial charge is 0.480 e. The van der Waals surface area contributed by atoms with E-state index in [1.807, 2.05) is 31.2 Å². The molecule has 0 aliphatic rings. The van der Waals surface area contributed by atoms with Crippen LogP contribution in [0.1, 0.15) is 17.0 Å². The van der Waals surface area contributed by atoms with E-state index < -0.39 is 4.92 Å². The van der Waals surface area contributed by atoms with E-state index in [4.69, 9.17) is 4.74 Å². The molecule has 3 rings (SSSR count). The summed E-state index contributed by atoms with van der Waals surface area (Å²) in [5, 5.41) is 11.1. The van der Waals surface area contributed by atoms with Crippen LogP contribution in [-0.2, 0) is 6.61 Å². The molecule has 0 radical (unpaired) electrons. The molecule has 0 fully saturated rings. The predicted octanol–water partition coefficient (Wildman–Crippen LogP) is 3.73. The third-order valence-corrected chi connectivity index (χ3v) is 3.52. The minimum absolute atomic E-state index is 0.0450. The van der Waals surface area contributed by atoms with Crippen molar-refractivity contribution in [3.05, 3.63) is 69.5 Å². The first-order chi connectivity index (χ1) is 11.0. The van der Waals surface area contributed by atoms with Gasteiger partial charge in [-0.3, -0.25) is 10.1 Å². The molecule has 2 aromatic carbocycles. The Hall–Kier alpha value is -3.02. The van der Waals surface area contributed by atoms with Crippen LogP contribution in [0.3, 0.4) is 0 Å². The highest BCUT2D eigenvalue weighted by atomic mass is 16.6. The summed E-state index contributed by atoms with van der Waals surface area (Å²) in [6.45, 7) is 3.78. The Morgan fingerprint density at radius 3 is 2.48 bits per heavy atom. The second-order valence-electron chi connectivity index (χ2n) is 5.26. The number of para-hydroxylation sites is 2. The van der Waals surface area contributed by atoms with E-state index >= 15 is 0 Å². The first-order valence-corrected chi connectivity index (χ1v) is 7.14. The van der Waals surface area contributed by atoms with Gasteiger partial charge in [-0.1, -0.05) is 18.2 Å². The molecule has 23 heavy (non-hydrogen) atoms. The highest BCUT2D eigenvalue weighted by Gasteiger charge is 2.16. The van der Waals surface area contributed by atoms with Gasteiger partial charge < -0.3 is 4.74 Å². The molecule has 1 aromatic heterocycles. The number of hydrogen-bond donors (Lipinski definition) is 0. The summed E-state index contributed by atoms with van der Waals surface area (Å²) in [6, 6.07) is 12.4. The van der Waals surface area contributed by atoms with Crippen LogP contribution in [0, 0.1) is 24.0 Å². The number of ether oxygens (including phenoxy) is 1. The topological polar surface area (TPSA) is 78.2 Å². The lowest BCUT2D eigenvalue weighted by Crippen LogP contribution is -2.05. The van der Waals surface area contributed by atoms with E-state index in [0.29, 0.717) is 5.69 Å². The number of aromatic nitrogens is 2. The maximum Gasteiger partial charge on any atom is 0.311 e. The van der Waals surface area contributed by atoms with Crippen LogP contribution in [0.25, 0.3) is 11.0 Å². The number of nitro groups is 1. The van der Waals surface area contributed by atoms with Crippen molar-refractivity contribution in [2.45, 2.75) is 20.5 Å². The molecule has 6 heteroatoms. The summed E-state index contributed by atoms with van der Waals surface area (Å²) in [6.07, 6.45) is 0. The Labute approximate surface area is 132 Å². The number of aryl methyl sites for hydroxylation is 2. The molecule has 0 aliphatic carbocycles. The van der Waals surface area contributed by atoms with Crippen LogP contribution >= 0.6 is 0 Å². The highest BCUT2D eigenvalue weighted by Crippen LogP contribution is 2.28. The average Bonchev–Trinajstić information content (AvgIpc) is 2.53. The van der Waals surface area contributed by atoms with E-state index in [1.165, 1.54) is 6.07 Å². The van der Waals surface area contributed by atoms with Gasteiger partial charge in [-0.25, -0.2) is 9.97 Å². The second kappa shape index (κ2) is 6.00. The molecule has 0 spiro atoms. The molecule has 0 saturated heterocycles. The number of fused-ring (bicyclic) bond motifs is 1. The number of rotatable bonds is 4. The smallest absolute Gasteiger partial charge is 0.311 e. The van der Waals surface area contributed by atoms with Crippen LogP contribution in [0.2, 0.25) is 0 Å². The van der Waals surface area contributed by atoms with Crippen molar-refractivity contribution in [1.29, 1.82) is 0 Å². The molecule has 1 heterocycles. The maximum atomic E-state index is 11.1. The van der Waals surface area contributed by atoms with Gasteiger partial charge in [-0.05, 0) is 37.6 Å². The monoisotopic (exact) mass is 309 g/mol. The van der Waals surface area contributed by atoms with Crippen molar-refractivity contribution < 1.29 is 9.66 Å². The van der Waals surface area contributed by atoms with Crippen LogP contribution in [0.15, 0.2) is 42.5 Å². The normalized spacial score (nSPS) is 10.7. The third-order valence-electron chi connectivity index (χ3n) is 3.52. The first kappa shape index (κ1) is 14.9. The summed E-state index contributed by atoms with van der Waals surface area (Å²) < 4.78 is 5.63. The van der Waals surface area contributed by atoms with Crippen molar-refractivity contribution in [3.63, 3.8) is 0 Å². The summed E-state index contributed by atoms with van der Waals surface area (Å²) >= 11 is 0. The number of nitro benzene ring substituents is 1. The first-order valence-electron chi connectivity index (χ1n) is 7.14. The van der Waals surface area contributed by atoms with Crippen LogP contribution in [0.5, 0.6) is 5.75 Å². The van der Waals surface area contributed by atoms with Crippen molar-refractivity contribution in [3.8, 4) is 5.75 Å². The van der Waals surface area contributed by atoms with Gasteiger partial charge in [0, 0.05) is 6.07 Å². The molecule has 6 nitrogen and oxygen atoms in total. The maximum absolute atomic E-state index is 11.1. The molecule has 0 atom stereocenters. The zero-order valence-electron chi connectivity index (χ0n) is 12.8. The van der Waals surface area contributed by atoms with Gasteiger partial charge in [0.2, 0.25) is 0 Å². The fourth-order valence-corrected chi connectivity index (χ4v) is 2.30. The van der Waals surface area contributed by atoms with E-state index in [2.05, 4.69) is 9.97 Å². The Morgan fingerprint density at radius 2 is 1.78 bits per heavy atom. The molecule has 3 aromatic rings. The lowest BCUT2D eigenvalue weighted by Gasteiger charge is -2.09. The van der Waals surface area contributed by atoms with Gasteiger partial charge in [0.15, 0.2) is 5.75 Å². The average molecular weight is 309 g/mol. The Kier molecular flexibility index (Phi) is 3.89. The van der Waals surface area contributed by atoms with Gasteiger partial charge in [0.25, 0.3) is 0 Å². The SMILES string of the molecule is Cc1ccc(OCc2nc3ccccc3nc2C)c([N+](=O)[O-])c1. The van der Waals surface area contributed by atoms with Crippen molar-refractivity contribution >= 4 is 16.7 Å². The number of nitrogens with zero attached hydrogens (tertiary/aromatic N) is 3. The van der Waals surface area contributed by atoms with Gasteiger partial charge in [-0.15, -0.1) is 0 Å². The summed E-state index contributed by atoms with van der Waals surface area (Å²) in [5.41, 5.74) is 3.77. The molecule has 0 N–H and O–H groups in total. The molecule has 116 valence electrons. The molecule has 0 aliphatic heterocycles. The van der Waals surface area contributed by atoms with E-state index in [0.717, 1.165) is 22.3 Å². The Bertz CT molecular complexity index is 893. The minimum Gasteiger partial charge on any atom is -0.480 e. The van der Waals surface area contributed by atoms with Crippen molar-refractivity contribution in [1.82, 2.24) is 9.97 Å². The zero-order valence-corrected chi connectivity index (χ0v) is 12.8. The fraction of sp³-hybridized carbons (Fsp3) is 0.176. The number of hydrogen-bond acceptors (Lipinski definition) is 5. The van der Waals surface area contributed by atoms with Gasteiger partial charge in [0.05, 0.1) is 27.3 Å². The quantitative estimate of drug-likeness (QED) is 0.542. The second-order valence-corrected chi connectivity index (χ2v) is 5.26. The fourth-order valence-electron chi connectivity index (χ4n) is 2.30. The predicted molar refractivity (Wildman–Crippen MR) is 86.4 cm³/mol. The van der Waals surface area contributed by atoms with Crippen molar-refractivity contribution in [2.24, 2.45) is 0 Å². The molecule has 0 bridgehead atoms. The van der Waals surface area contributed by atoms with Crippen LogP contribution in [-0.4, -0.2) is 14.9 Å². The third kappa shape index (κ3) is 3.11. The molecule has 0 amide bonds.